The van der Waals surface area contributed by atoms with Crippen molar-refractivity contribution in [1.82, 2.24) is 20.5 Å². The number of nitrogens with one attached hydrogen (secondary N) is 3. The number of nitrogens with zero attached hydrogens (tertiary/aromatic N) is 3. The smallest absolute Gasteiger partial charge is 0.118 e. The molecule has 7 nitrogen and oxygen atoms in total. The van der Waals surface area contributed by atoms with E-state index >= 15 is 0 Å². The Balaban J connectivity index is 1.20. The second kappa shape index (κ2) is 12.4. The van der Waals surface area contributed by atoms with Crippen molar-refractivity contribution in [3.8, 4) is 28.3 Å². The Morgan fingerprint density at radius 1 is 0.821 bits per heavy atom. The summed E-state index contributed by atoms with van der Waals surface area (Å²) in [6.45, 7) is 10.1. The lowest BCUT2D eigenvalue weighted by Gasteiger charge is -2.34. The fourth-order valence-electron chi connectivity index (χ4n) is 6.17. The molecule has 1 atom stereocenters. The first-order valence-corrected chi connectivity index (χ1v) is 14.7. The third-order valence-electron chi connectivity index (χ3n) is 8.49. The largest absolute Gasteiger partial charge is 0.497 e. The van der Waals surface area contributed by atoms with Gasteiger partial charge in [-0.15, -0.1) is 0 Å². The van der Waals surface area contributed by atoms with Gasteiger partial charge in [-0.25, -0.2) is 4.98 Å². The van der Waals surface area contributed by atoms with Crippen molar-refractivity contribution in [2.24, 2.45) is 5.92 Å². The number of aromatic nitrogens is 1. The first kappa shape index (κ1) is 26.1. The van der Waals surface area contributed by atoms with E-state index in [1.165, 1.54) is 57.7 Å². The van der Waals surface area contributed by atoms with Crippen LogP contribution in [0.3, 0.4) is 0 Å². The number of hydrogen-bond donors (Lipinski definition) is 3. The van der Waals surface area contributed by atoms with Crippen molar-refractivity contribution in [2.45, 2.75) is 25.3 Å². The minimum atomic E-state index is 0.483. The van der Waals surface area contributed by atoms with Crippen LogP contribution in [0.2, 0.25) is 0 Å². The molecule has 3 aromatic rings. The van der Waals surface area contributed by atoms with Gasteiger partial charge in [0.1, 0.15) is 5.75 Å². The van der Waals surface area contributed by atoms with Crippen LogP contribution in [-0.2, 0) is 0 Å². The Kier molecular flexibility index (Phi) is 8.28. The van der Waals surface area contributed by atoms with E-state index in [9.17, 15) is 0 Å². The van der Waals surface area contributed by atoms with Crippen LogP contribution in [0.5, 0.6) is 5.75 Å². The van der Waals surface area contributed by atoms with Crippen molar-refractivity contribution < 1.29 is 4.74 Å². The average molecular weight is 527 g/mol. The highest BCUT2D eigenvalue weighted by Gasteiger charge is 2.23. The summed E-state index contributed by atoms with van der Waals surface area (Å²) >= 11 is 0. The molecule has 4 heterocycles. The van der Waals surface area contributed by atoms with Crippen LogP contribution >= 0.6 is 0 Å². The molecule has 6 rings (SSSR count). The minimum Gasteiger partial charge on any atom is -0.497 e. The van der Waals surface area contributed by atoms with Gasteiger partial charge >= 0.3 is 0 Å². The number of methoxy groups -OCH3 is 1. The lowest BCUT2D eigenvalue weighted by Crippen LogP contribution is -2.43. The van der Waals surface area contributed by atoms with Crippen molar-refractivity contribution >= 4 is 11.4 Å². The van der Waals surface area contributed by atoms with Gasteiger partial charge in [0.05, 0.1) is 18.5 Å². The number of piperazine rings is 1. The quantitative estimate of drug-likeness (QED) is 0.404. The lowest BCUT2D eigenvalue weighted by atomic mass is 10.0. The van der Waals surface area contributed by atoms with Gasteiger partial charge in [-0.05, 0) is 86.8 Å². The third-order valence-corrected chi connectivity index (χ3v) is 8.49. The number of rotatable bonds is 8. The molecule has 3 saturated heterocycles. The maximum Gasteiger partial charge on any atom is 0.118 e. The Bertz CT molecular complexity index is 1190. The average Bonchev–Trinajstić information content (AvgIpc) is 3.52. The molecule has 3 fully saturated rings. The highest BCUT2D eigenvalue weighted by Crippen LogP contribution is 2.31. The summed E-state index contributed by atoms with van der Waals surface area (Å²) in [7, 11) is 1.70. The molecule has 0 aliphatic carbocycles. The highest BCUT2D eigenvalue weighted by molar-refractivity contribution is 5.73. The van der Waals surface area contributed by atoms with Crippen LogP contribution < -0.4 is 25.6 Å². The van der Waals surface area contributed by atoms with Gasteiger partial charge < -0.3 is 30.5 Å². The normalized spacial score (nSPS) is 20.7. The zero-order valence-electron chi connectivity index (χ0n) is 23.2. The number of piperidine rings is 1. The molecule has 2 aromatic carbocycles. The first-order chi connectivity index (χ1) is 19.2. The van der Waals surface area contributed by atoms with E-state index < -0.39 is 0 Å². The van der Waals surface area contributed by atoms with E-state index in [1.807, 2.05) is 12.1 Å². The summed E-state index contributed by atoms with van der Waals surface area (Å²) in [5.74, 6) is 1.68. The standard InChI is InChI=1S/C32H42N6O/c1-39-30-8-4-26(5-9-30)32-21-28(35-27-11-16-37(17-12-27)23-24-10-13-34-22-24)20-31(36-32)25-2-6-29(7-3-25)38-18-14-33-15-19-38/h2-9,20-21,24,27,33-34H,10-19,22-23H2,1H3,(H,35,36). The molecular formula is C32H42N6O. The molecule has 3 aliphatic rings. The number of ether oxygens (including phenoxy) is 1. The highest BCUT2D eigenvalue weighted by atomic mass is 16.5. The summed E-state index contributed by atoms with van der Waals surface area (Å²) in [6.07, 6.45) is 3.67. The van der Waals surface area contributed by atoms with E-state index in [-0.39, 0.29) is 0 Å². The second-order valence-electron chi connectivity index (χ2n) is 11.2. The molecule has 206 valence electrons. The monoisotopic (exact) mass is 526 g/mol. The molecule has 3 aliphatic heterocycles. The fourth-order valence-corrected chi connectivity index (χ4v) is 6.17. The zero-order valence-corrected chi connectivity index (χ0v) is 23.2. The van der Waals surface area contributed by atoms with E-state index in [2.05, 4.69) is 74.3 Å². The van der Waals surface area contributed by atoms with Crippen LogP contribution in [-0.4, -0.2) is 81.9 Å². The minimum absolute atomic E-state index is 0.483. The van der Waals surface area contributed by atoms with Crippen LogP contribution in [0.4, 0.5) is 11.4 Å². The van der Waals surface area contributed by atoms with Crippen molar-refractivity contribution in [3.05, 3.63) is 60.7 Å². The SMILES string of the molecule is COc1ccc(-c2cc(NC3CCN(CC4CCNC4)CC3)cc(-c3ccc(N4CCNCC4)cc3)n2)cc1. The van der Waals surface area contributed by atoms with E-state index in [0.717, 1.165) is 66.0 Å². The predicted molar refractivity (Wildman–Crippen MR) is 161 cm³/mol. The number of hydrogen-bond acceptors (Lipinski definition) is 7. The number of benzene rings is 2. The fraction of sp³-hybridized carbons (Fsp3) is 0.469. The Labute approximate surface area is 233 Å². The molecule has 39 heavy (non-hydrogen) atoms. The van der Waals surface area contributed by atoms with Crippen LogP contribution in [0.1, 0.15) is 19.3 Å². The number of anilines is 2. The van der Waals surface area contributed by atoms with Crippen LogP contribution in [0.15, 0.2) is 60.7 Å². The molecule has 0 radical (unpaired) electrons. The first-order valence-electron chi connectivity index (χ1n) is 14.7. The van der Waals surface area contributed by atoms with E-state index in [1.54, 1.807) is 7.11 Å². The van der Waals surface area contributed by atoms with Gasteiger partial charge in [-0.2, -0.15) is 0 Å². The summed E-state index contributed by atoms with van der Waals surface area (Å²) in [5, 5.41) is 10.8. The molecule has 1 aromatic heterocycles. The van der Waals surface area contributed by atoms with Crippen molar-refractivity contribution in [3.63, 3.8) is 0 Å². The Morgan fingerprint density at radius 2 is 1.49 bits per heavy atom. The van der Waals surface area contributed by atoms with E-state index in [4.69, 9.17) is 9.72 Å². The summed E-state index contributed by atoms with van der Waals surface area (Å²) < 4.78 is 5.39. The molecule has 0 saturated carbocycles. The molecular weight excluding hydrogens is 484 g/mol. The Hall–Kier alpha value is -3.13. The van der Waals surface area contributed by atoms with Crippen LogP contribution in [0, 0.1) is 5.92 Å². The summed E-state index contributed by atoms with van der Waals surface area (Å²) in [5.41, 5.74) is 6.66. The molecule has 0 amide bonds. The van der Waals surface area contributed by atoms with Gasteiger partial charge in [0.2, 0.25) is 0 Å². The van der Waals surface area contributed by atoms with Crippen molar-refractivity contribution in [1.29, 1.82) is 0 Å². The van der Waals surface area contributed by atoms with Gasteiger partial charge in [0, 0.05) is 74.4 Å². The topological polar surface area (TPSA) is 64.7 Å². The zero-order chi connectivity index (χ0) is 26.4. The predicted octanol–water partition coefficient (Wildman–Crippen LogP) is 4.32. The van der Waals surface area contributed by atoms with Gasteiger partial charge in [0.15, 0.2) is 0 Å². The van der Waals surface area contributed by atoms with E-state index in [0.29, 0.717) is 6.04 Å². The molecule has 7 heteroatoms. The molecule has 3 N–H and O–H groups in total. The third kappa shape index (κ3) is 6.55. The summed E-state index contributed by atoms with van der Waals surface area (Å²) in [4.78, 5) is 10.2. The van der Waals surface area contributed by atoms with Crippen LogP contribution in [0.25, 0.3) is 22.5 Å². The Morgan fingerprint density at radius 3 is 2.10 bits per heavy atom. The maximum atomic E-state index is 5.39. The molecule has 0 bridgehead atoms. The van der Waals surface area contributed by atoms with Crippen molar-refractivity contribution in [2.75, 3.05) is 76.2 Å². The maximum absolute atomic E-state index is 5.39. The van der Waals surface area contributed by atoms with Gasteiger partial charge in [-0.1, -0.05) is 12.1 Å². The number of pyridine rings is 1. The lowest BCUT2D eigenvalue weighted by molar-refractivity contribution is 0.193. The van der Waals surface area contributed by atoms with Gasteiger partial charge in [0.25, 0.3) is 0 Å². The molecule has 0 spiro atoms. The van der Waals surface area contributed by atoms with Gasteiger partial charge in [-0.3, -0.25) is 0 Å². The summed E-state index contributed by atoms with van der Waals surface area (Å²) in [6, 6.07) is 22.0. The second-order valence-corrected chi connectivity index (χ2v) is 11.2. The number of likely N-dealkylation sites (tertiary alicyclic amines) is 1. The molecule has 1 unspecified atom stereocenters.